The number of rotatable bonds is 5. The van der Waals surface area contributed by atoms with E-state index in [9.17, 15) is 9.59 Å². The van der Waals surface area contributed by atoms with E-state index < -0.39 is 16.5 Å². The molecule has 1 atom stereocenters. The highest BCUT2D eigenvalue weighted by atomic mass is 79.9. The Hall–Kier alpha value is -2.41. The molecule has 0 aliphatic heterocycles. The Morgan fingerprint density at radius 1 is 1.15 bits per heavy atom. The quantitative estimate of drug-likeness (QED) is 0.557. The lowest BCUT2D eigenvalue weighted by Gasteiger charge is -2.19. The molecule has 0 aliphatic rings. The maximum Gasteiger partial charge on any atom is 0.413 e. The standard InChI is InChI=1S/C19H21BrN2O4/c1-19(2,3)26-18(24)22-15-11-13(9-10-21-15)16(20)17(23)12-5-7-14(25-4)8-6-12/h5-11,16H,1-4H3,(H,21,22,24)/t16-/m1/s1. The summed E-state index contributed by atoms with van der Waals surface area (Å²) >= 11 is 3.42. The molecule has 1 aromatic heterocycles. The number of amides is 1. The van der Waals surface area contributed by atoms with Crippen LogP contribution in [0.3, 0.4) is 0 Å². The summed E-state index contributed by atoms with van der Waals surface area (Å²) < 4.78 is 10.3. The van der Waals surface area contributed by atoms with Gasteiger partial charge in [-0.15, -0.1) is 0 Å². The number of pyridine rings is 1. The number of alkyl halides is 1. The van der Waals surface area contributed by atoms with Gasteiger partial charge in [0.1, 0.15) is 22.0 Å². The normalized spacial score (nSPS) is 12.2. The average molecular weight is 421 g/mol. The van der Waals surface area contributed by atoms with Gasteiger partial charge in [-0.3, -0.25) is 10.1 Å². The van der Waals surface area contributed by atoms with Gasteiger partial charge in [0.25, 0.3) is 0 Å². The summed E-state index contributed by atoms with van der Waals surface area (Å²) in [6.45, 7) is 5.33. The molecule has 2 rings (SSSR count). The number of carbonyl (C=O) groups is 2. The highest BCUT2D eigenvalue weighted by molar-refractivity contribution is 9.09. The number of Topliss-reactive ketones (excluding diaryl/α,β-unsaturated/α-hetero) is 1. The van der Waals surface area contributed by atoms with Crippen molar-refractivity contribution in [1.82, 2.24) is 4.98 Å². The third kappa shape index (κ3) is 5.56. The van der Waals surface area contributed by atoms with Crippen LogP contribution in [0.5, 0.6) is 5.75 Å². The van der Waals surface area contributed by atoms with Crippen molar-refractivity contribution in [3.63, 3.8) is 0 Å². The lowest BCUT2D eigenvalue weighted by Crippen LogP contribution is -2.27. The summed E-state index contributed by atoms with van der Waals surface area (Å²) in [5.74, 6) is 0.881. The maximum atomic E-state index is 12.6. The maximum absolute atomic E-state index is 12.6. The van der Waals surface area contributed by atoms with E-state index in [0.717, 1.165) is 0 Å². The minimum atomic E-state index is -0.607. The van der Waals surface area contributed by atoms with Gasteiger partial charge in [-0.25, -0.2) is 9.78 Å². The Kier molecular flexibility index (Phi) is 6.37. The Morgan fingerprint density at radius 2 is 1.81 bits per heavy atom. The first-order valence-electron chi connectivity index (χ1n) is 7.98. The van der Waals surface area contributed by atoms with Crippen LogP contribution < -0.4 is 10.1 Å². The van der Waals surface area contributed by atoms with E-state index in [4.69, 9.17) is 9.47 Å². The summed E-state index contributed by atoms with van der Waals surface area (Å²) in [5.41, 5.74) is 0.613. The van der Waals surface area contributed by atoms with Crippen LogP contribution in [0.2, 0.25) is 0 Å². The molecule has 7 heteroatoms. The zero-order valence-corrected chi connectivity index (χ0v) is 16.7. The Labute approximate surface area is 161 Å². The van der Waals surface area contributed by atoms with Crippen LogP contribution in [0.25, 0.3) is 0 Å². The molecule has 1 aromatic carbocycles. The van der Waals surface area contributed by atoms with Gasteiger partial charge in [0.2, 0.25) is 0 Å². The van der Waals surface area contributed by atoms with Crippen LogP contribution in [0.4, 0.5) is 10.6 Å². The second-order valence-electron chi connectivity index (χ2n) is 6.56. The van der Waals surface area contributed by atoms with Crippen LogP contribution >= 0.6 is 15.9 Å². The van der Waals surface area contributed by atoms with E-state index in [-0.39, 0.29) is 5.78 Å². The monoisotopic (exact) mass is 420 g/mol. The van der Waals surface area contributed by atoms with Gasteiger partial charge in [0, 0.05) is 11.8 Å². The van der Waals surface area contributed by atoms with Gasteiger partial charge in [-0.05, 0) is 62.7 Å². The fourth-order valence-corrected chi connectivity index (χ4v) is 2.68. The van der Waals surface area contributed by atoms with E-state index in [1.807, 2.05) is 0 Å². The number of benzene rings is 1. The second-order valence-corrected chi connectivity index (χ2v) is 7.47. The van der Waals surface area contributed by atoms with Crippen molar-refractivity contribution < 1.29 is 19.1 Å². The SMILES string of the molecule is COc1ccc(C(=O)[C@H](Br)c2ccnc(NC(=O)OC(C)(C)C)c2)cc1. The van der Waals surface area contributed by atoms with Gasteiger partial charge < -0.3 is 9.47 Å². The van der Waals surface area contributed by atoms with Crippen LogP contribution in [-0.2, 0) is 4.74 Å². The molecular weight excluding hydrogens is 400 g/mol. The number of aromatic nitrogens is 1. The molecule has 6 nitrogen and oxygen atoms in total. The Bertz CT molecular complexity index is 785. The zero-order chi connectivity index (χ0) is 19.3. The molecule has 0 spiro atoms. The predicted molar refractivity (Wildman–Crippen MR) is 103 cm³/mol. The summed E-state index contributed by atoms with van der Waals surface area (Å²) in [6.07, 6.45) is 0.923. The van der Waals surface area contributed by atoms with Crippen LogP contribution in [-0.4, -0.2) is 29.6 Å². The third-order valence-electron chi connectivity index (χ3n) is 3.31. The van der Waals surface area contributed by atoms with Crippen molar-refractivity contribution in [2.45, 2.75) is 31.2 Å². The molecule has 1 heterocycles. The number of ether oxygens (including phenoxy) is 2. The molecule has 1 amide bonds. The first kappa shape index (κ1) is 19.9. The fourth-order valence-electron chi connectivity index (χ4n) is 2.13. The minimum absolute atomic E-state index is 0.109. The molecular formula is C19H21BrN2O4. The van der Waals surface area contributed by atoms with Gasteiger partial charge in [0.15, 0.2) is 5.78 Å². The number of anilines is 1. The van der Waals surface area contributed by atoms with Gasteiger partial charge in [-0.1, -0.05) is 15.9 Å². The largest absolute Gasteiger partial charge is 0.497 e. The first-order chi connectivity index (χ1) is 12.2. The molecule has 26 heavy (non-hydrogen) atoms. The minimum Gasteiger partial charge on any atom is -0.497 e. The fraction of sp³-hybridized carbons (Fsp3) is 0.316. The van der Waals surface area contributed by atoms with Crippen molar-refractivity contribution in [2.24, 2.45) is 0 Å². The molecule has 0 aliphatic carbocycles. The number of carbonyl (C=O) groups excluding carboxylic acids is 2. The number of nitrogens with zero attached hydrogens (tertiary/aromatic N) is 1. The highest BCUT2D eigenvalue weighted by Crippen LogP contribution is 2.29. The number of methoxy groups -OCH3 is 1. The summed E-state index contributed by atoms with van der Waals surface area (Å²) in [4.78, 5) is 28.0. The van der Waals surface area contributed by atoms with E-state index in [0.29, 0.717) is 22.7 Å². The van der Waals surface area contributed by atoms with Gasteiger partial charge >= 0.3 is 6.09 Å². The van der Waals surface area contributed by atoms with Crippen molar-refractivity contribution >= 4 is 33.6 Å². The molecule has 0 radical (unpaired) electrons. The number of halogens is 1. The average Bonchev–Trinajstić information content (AvgIpc) is 2.59. The predicted octanol–water partition coefficient (Wildman–Crippen LogP) is 4.76. The number of hydrogen-bond donors (Lipinski definition) is 1. The Balaban J connectivity index is 2.12. The molecule has 0 saturated heterocycles. The van der Waals surface area contributed by atoms with Crippen molar-refractivity contribution in [1.29, 1.82) is 0 Å². The van der Waals surface area contributed by atoms with Crippen LogP contribution in [0.1, 0.15) is 41.5 Å². The first-order valence-corrected chi connectivity index (χ1v) is 8.89. The number of nitrogens with one attached hydrogen (secondary N) is 1. The molecule has 1 N–H and O–H groups in total. The van der Waals surface area contributed by atoms with Crippen LogP contribution in [0.15, 0.2) is 42.6 Å². The summed E-state index contributed by atoms with van der Waals surface area (Å²) in [6, 6.07) is 10.2. The van der Waals surface area contributed by atoms with E-state index >= 15 is 0 Å². The van der Waals surface area contributed by atoms with Crippen molar-refractivity contribution in [3.05, 3.63) is 53.7 Å². The lowest BCUT2D eigenvalue weighted by molar-refractivity contribution is 0.0635. The molecule has 138 valence electrons. The molecule has 2 aromatic rings. The van der Waals surface area contributed by atoms with Crippen molar-refractivity contribution in [3.8, 4) is 5.75 Å². The second kappa shape index (κ2) is 8.31. The van der Waals surface area contributed by atoms with E-state index in [1.54, 1.807) is 64.3 Å². The topological polar surface area (TPSA) is 77.5 Å². The number of hydrogen-bond acceptors (Lipinski definition) is 5. The van der Waals surface area contributed by atoms with E-state index in [1.165, 1.54) is 6.20 Å². The van der Waals surface area contributed by atoms with Crippen molar-refractivity contribution in [2.75, 3.05) is 12.4 Å². The van der Waals surface area contributed by atoms with Crippen LogP contribution in [0, 0.1) is 0 Å². The molecule has 0 unspecified atom stereocenters. The van der Waals surface area contributed by atoms with Gasteiger partial charge in [0.05, 0.1) is 7.11 Å². The highest BCUT2D eigenvalue weighted by Gasteiger charge is 2.21. The summed E-state index contributed by atoms with van der Waals surface area (Å²) in [5, 5.41) is 2.57. The molecule has 0 saturated carbocycles. The third-order valence-corrected chi connectivity index (χ3v) is 4.25. The Morgan fingerprint density at radius 3 is 2.38 bits per heavy atom. The molecule has 0 fully saturated rings. The molecule has 0 bridgehead atoms. The summed E-state index contributed by atoms with van der Waals surface area (Å²) in [7, 11) is 1.57. The smallest absolute Gasteiger partial charge is 0.413 e. The van der Waals surface area contributed by atoms with E-state index in [2.05, 4.69) is 26.2 Å². The van der Waals surface area contributed by atoms with Gasteiger partial charge in [-0.2, -0.15) is 0 Å². The number of ketones is 1. The zero-order valence-electron chi connectivity index (χ0n) is 15.1. The lowest BCUT2D eigenvalue weighted by atomic mass is 10.0.